The predicted octanol–water partition coefficient (Wildman–Crippen LogP) is 1.83. The van der Waals surface area contributed by atoms with Crippen LogP contribution < -0.4 is 10.6 Å². The van der Waals surface area contributed by atoms with Crippen LogP contribution in [0.3, 0.4) is 0 Å². The molecule has 0 aliphatic carbocycles. The van der Waals surface area contributed by atoms with Crippen molar-refractivity contribution in [2.24, 2.45) is 10.9 Å². The van der Waals surface area contributed by atoms with Crippen molar-refractivity contribution < 1.29 is 4.79 Å². The fraction of sp³-hybridized carbons (Fsp3) is 0.905. The fourth-order valence-corrected chi connectivity index (χ4v) is 4.27. The molecule has 0 bridgehead atoms. The Morgan fingerprint density at radius 3 is 2.14 bits per heavy atom. The molecule has 0 aromatic rings. The van der Waals surface area contributed by atoms with E-state index in [1.165, 1.54) is 38.8 Å². The first kappa shape index (κ1) is 26.4. The molecule has 29 heavy (non-hydrogen) atoms. The normalized spacial score (nSPS) is 23.3. The van der Waals surface area contributed by atoms with Gasteiger partial charge in [0, 0.05) is 45.8 Å². The summed E-state index contributed by atoms with van der Waals surface area (Å²) in [5.74, 6) is 1.49. The van der Waals surface area contributed by atoms with Crippen molar-refractivity contribution in [1.82, 2.24) is 25.3 Å². The molecular formula is C21H43IN6O. The second-order valence-electron chi connectivity index (χ2n) is 8.82. The zero-order chi connectivity index (χ0) is 20.5. The first-order valence-corrected chi connectivity index (χ1v) is 11.1. The maximum Gasteiger partial charge on any atom is 0.243 e. The van der Waals surface area contributed by atoms with Gasteiger partial charge in [-0.3, -0.25) is 14.6 Å². The lowest BCUT2D eigenvalue weighted by atomic mass is 10.1. The lowest BCUT2D eigenvalue weighted by molar-refractivity contribution is -0.127. The summed E-state index contributed by atoms with van der Waals surface area (Å²) >= 11 is 0. The van der Waals surface area contributed by atoms with Crippen molar-refractivity contribution >= 4 is 35.8 Å². The van der Waals surface area contributed by atoms with Gasteiger partial charge in [0.1, 0.15) is 6.54 Å². The van der Waals surface area contributed by atoms with Crippen LogP contribution in [0.5, 0.6) is 0 Å². The van der Waals surface area contributed by atoms with Crippen LogP contribution in [0, 0.1) is 5.92 Å². The van der Waals surface area contributed by atoms with Crippen molar-refractivity contribution in [3.05, 3.63) is 0 Å². The van der Waals surface area contributed by atoms with Crippen molar-refractivity contribution in [3.8, 4) is 0 Å². The molecule has 0 saturated carbocycles. The number of likely N-dealkylation sites (N-methyl/N-ethyl adjacent to an activating group) is 2. The van der Waals surface area contributed by atoms with E-state index in [0.717, 1.165) is 32.1 Å². The minimum atomic E-state index is 0. The number of nitrogens with one attached hydrogen (secondary N) is 2. The quantitative estimate of drug-likeness (QED) is 0.275. The molecule has 2 N–H and O–H groups in total. The summed E-state index contributed by atoms with van der Waals surface area (Å²) in [6, 6.07) is 1.11. The zero-order valence-corrected chi connectivity index (χ0v) is 21.4. The third kappa shape index (κ3) is 8.96. The summed E-state index contributed by atoms with van der Waals surface area (Å²) in [5, 5.41) is 7.03. The van der Waals surface area contributed by atoms with Crippen LogP contribution in [0.4, 0.5) is 0 Å². The van der Waals surface area contributed by atoms with Crippen LogP contribution in [-0.4, -0.2) is 98.6 Å². The van der Waals surface area contributed by atoms with E-state index in [9.17, 15) is 4.79 Å². The molecule has 1 amide bonds. The van der Waals surface area contributed by atoms with Crippen LogP contribution in [0.1, 0.15) is 46.5 Å². The Morgan fingerprint density at radius 2 is 1.62 bits per heavy atom. The lowest BCUT2D eigenvalue weighted by Crippen LogP contribution is -2.48. The first-order valence-electron chi connectivity index (χ1n) is 11.1. The third-order valence-corrected chi connectivity index (χ3v) is 5.89. The number of guanidine groups is 1. The Labute approximate surface area is 195 Å². The summed E-state index contributed by atoms with van der Waals surface area (Å²) in [5.41, 5.74) is 0. The van der Waals surface area contributed by atoms with Crippen molar-refractivity contribution in [3.63, 3.8) is 0 Å². The molecule has 2 atom stereocenters. The molecule has 1 unspecified atom stereocenters. The number of aliphatic imine (C=N–C) groups is 1. The average molecular weight is 523 g/mol. The highest BCUT2D eigenvalue weighted by atomic mass is 127. The Morgan fingerprint density at radius 1 is 1.07 bits per heavy atom. The van der Waals surface area contributed by atoms with Crippen molar-refractivity contribution in [2.45, 2.75) is 58.5 Å². The maximum absolute atomic E-state index is 12.0. The van der Waals surface area contributed by atoms with E-state index in [4.69, 9.17) is 0 Å². The highest BCUT2D eigenvalue weighted by molar-refractivity contribution is 14.0. The highest BCUT2D eigenvalue weighted by Crippen LogP contribution is 2.18. The molecule has 8 heteroatoms. The van der Waals surface area contributed by atoms with Crippen LogP contribution in [0.2, 0.25) is 0 Å². The fourth-order valence-electron chi connectivity index (χ4n) is 4.27. The second-order valence-corrected chi connectivity index (χ2v) is 8.82. The third-order valence-electron chi connectivity index (χ3n) is 5.89. The monoisotopic (exact) mass is 522 g/mol. The minimum absolute atomic E-state index is 0. The van der Waals surface area contributed by atoms with Crippen molar-refractivity contribution in [2.75, 3.05) is 59.9 Å². The summed E-state index contributed by atoms with van der Waals surface area (Å²) in [6.07, 6.45) is 5.00. The number of carbonyl (C=O) groups excluding carboxylic acids is 1. The van der Waals surface area contributed by atoms with Gasteiger partial charge in [-0.1, -0.05) is 20.8 Å². The van der Waals surface area contributed by atoms with Crippen LogP contribution in [0.15, 0.2) is 4.99 Å². The molecule has 2 aliphatic heterocycles. The molecule has 2 heterocycles. The summed E-state index contributed by atoms with van der Waals surface area (Å²) in [6.45, 7) is 13.4. The molecule has 0 radical (unpaired) electrons. The number of hydrogen-bond donors (Lipinski definition) is 2. The van der Waals surface area contributed by atoms with Gasteiger partial charge in [-0.2, -0.15) is 0 Å². The number of amides is 1. The van der Waals surface area contributed by atoms with Gasteiger partial charge in [-0.15, -0.1) is 24.0 Å². The number of halogens is 1. The Kier molecular flexibility index (Phi) is 12.4. The minimum Gasteiger partial charge on any atom is -0.355 e. The van der Waals surface area contributed by atoms with E-state index in [1.54, 1.807) is 19.0 Å². The van der Waals surface area contributed by atoms with E-state index in [1.807, 2.05) is 0 Å². The summed E-state index contributed by atoms with van der Waals surface area (Å²) in [4.78, 5) is 23.3. The van der Waals surface area contributed by atoms with E-state index < -0.39 is 0 Å². The van der Waals surface area contributed by atoms with Gasteiger partial charge in [-0.25, -0.2) is 4.99 Å². The highest BCUT2D eigenvalue weighted by Gasteiger charge is 2.26. The van der Waals surface area contributed by atoms with Gasteiger partial charge in [0.25, 0.3) is 0 Å². The average Bonchev–Trinajstić information content (AvgIpc) is 3.29. The Balaban J connectivity index is 0.00000420. The Hall–Kier alpha value is -0.610. The molecule has 7 nitrogen and oxygen atoms in total. The van der Waals surface area contributed by atoms with Gasteiger partial charge >= 0.3 is 0 Å². The van der Waals surface area contributed by atoms with E-state index in [2.05, 4.69) is 46.2 Å². The maximum atomic E-state index is 12.0. The number of carbonyl (C=O) groups is 1. The van der Waals surface area contributed by atoms with E-state index >= 15 is 0 Å². The standard InChI is InChI=1S/C21H42N6O.HI/c1-6-26-11-7-9-18(26)13-22-21(24-15-20(28)25(4)5)23-14-19-10-8-12-27(19)16-17(2)3;/h17-19H,6-16H2,1-5H3,(H2,22,23,24);1H/t18?,19-;/m1./s1. The van der Waals surface area contributed by atoms with Crippen LogP contribution in [0.25, 0.3) is 0 Å². The number of likely N-dealkylation sites (tertiary alicyclic amines) is 2. The zero-order valence-electron chi connectivity index (χ0n) is 19.1. The molecule has 2 aliphatic rings. The SMILES string of the molecule is CCN1CCCC1CNC(=NCC(=O)N(C)C)NC[C@H]1CCCN1CC(C)C.I. The molecule has 0 spiro atoms. The second kappa shape index (κ2) is 13.6. The molecular weight excluding hydrogens is 479 g/mol. The first-order chi connectivity index (χ1) is 13.4. The largest absolute Gasteiger partial charge is 0.355 e. The van der Waals surface area contributed by atoms with Crippen LogP contribution >= 0.6 is 24.0 Å². The van der Waals surface area contributed by atoms with Gasteiger partial charge < -0.3 is 15.5 Å². The lowest BCUT2D eigenvalue weighted by Gasteiger charge is -2.28. The number of hydrogen-bond acceptors (Lipinski definition) is 4. The van der Waals surface area contributed by atoms with E-state index in [-0.39, 0.29) is 36.4 Å². The smallest absolute Gasteiger partial charge is 0.243 e. The van der Waals surface area contributed by atoms with Crippen molar-refractivity contribution in [1.29, 1.82) is 0 Å². The predicted molar refractivity (Wildman–Crippen MR) is 132 cm³/mol. The topological polar surface area (TPSA) is 63.2 Å². The van der Waals surface area contributed by atoms with E-state index in [0.29, 0.717) is 18.0 Å². The molecule has 0 aromatic heterocycles. The molecule has 0 aromatic carbocycles. The molecule has 2 fully saturated rings. The van der Waals surface area contributed by atoms with Crippen LogP contribution in [-0.2, 0) is 4.79 Å². The molecule has 2 saturated heterocycles. The van der Waals surface area contributed by atoms with Gasteiger partial charge in [0.05, 0.1) is 0 Å². The van der Waals surface area contributed by atoms with Gasteiger partial charge in [0.15, 0.2) is 5.96 Å². The summed E-state index contributed by atoms with van der Waals surface area (Å²) in [7, 11) is 3.55. The number of rotatable bonds is 9. The summed E-state index contributed by atoms with van der Waals surface area (Å²) < 4.78 is 0. The molecule has 170 valence electrons. The Bertz CT molecular complexity index is 513. The molecule has 2 rings (SSSR count). The van der Waals surface area contributed by atoms with Gasteiger partial charge in [-0.05, 0) is 51.2 Å². The van der Waals surface area contributed by atoms with Gasteiger partial charge in [0.2, 0.25) is 5.91 Å². The number of nitrogens with zero attached hydrogens (tertiary/aromatic N) is 4.